The number of nitrogens with one attached hydrogen (secondary N) is 1. The Morgan fingerprint density at radius 1 is 1.56 bits per heavy atom. The number of carbonyl (C=O) groups excluding carboxylic acids is 1. The summed E-state index contributed by atoms with van der Waals surface area (Å²) in [6.07, 6.45) is -0.184. The lowest BCUT2D eigenvalue weighted by atomic mass is 10.5. The first-order valence-electron chi connectivity index (χ1n) is 2.11. The number of rotatable bonds is 0. The van der Waals surface area contributed by atoms with Crippen molar-refractivity contribution in [1.82, 2.24) is 5.48 Å². The third-order valence-corrected chi connectivity index (χ3v) is 1.41. The van der Waals surface area contributed by atoms with Gasteiger partial charge in [-0.15, -0.1) is 5.48 Å². The first kappa shape index (κ1) is 6.24. The van der Waals surface area contributed by atoms with E-state index in [0.29, 0.717) is 0 Å². The lowest BCUT2D eigenvalue weighted by Gasteiger charge is -1.82. The minimum atomic E-state index is -2.35. The van der Waals surface area contributed by atoms with Gasteiger partial charge in [-0.25, -0.2) is 4.79 Å². The fraction of sp³-hybridized carbons (Fsp3) is 0.333. The Kier molecular flexibility index (Phi) is 1.50. The molecule has 0 unspecified atom stereocenters. The highest BCUT2D eigenvalue weighted by Gasteiger charge is 2.18. The van der Waals surface area contributed by atoms with Crippen molar-refractivity contribution in [3.8, 4) is 0 Å². The molecular formula is C3H3NO4S. The third-order valence-electron chi connectivity index (χ3n) is 0.785. The van der Waals surface area contributed by atoms with Crippen molar-refractivity contribution in [3.05, 3.63) is 0 Å². The average molecular weight is 149 g/mol. The maximum absolute atomic E-state index is 10.2. The van der Waals surface area contributed by atoms with Crippen LogP contribution in [-0.4, -0.2) is 19.4 Å². The Bertz CT molecular complexity index is 256. The van der Waals surface area contributed by atoms with Crippen LogP contribution >= 0.6 is 0 Å². The van der Waals surface area contributed by atoms with Crippen molar-refractivity contribution in [2.75, 3.05) is 0 Å². The van der Waals surface area contributed by atoms with Crippen LogP contribution < -0.4 is 5.48 Å². The molecule has 0 bridgehead atoms. The second-order valence-corrected chi connectivity index (χ2v) is 2.37. The van der Waals surface area contributed by atoms with E-state index in [4.69, 9.17) is 0 Å². The molecule has 9 heavy (non-hydrogen) atoms. The van der Waals surface area contributed by atoms with Gasteiger partial charge in [-0.1, -0.05) is 0 Å². The van der Waals surface area contributed by atoms with E-state index in [2.05, 4.69) is 4.84 Å². The fourth-order valence-corrected chi connectivity index (χ4v) is 0.755. The van der Waals surface area contributed by atoms with E-state index in [1.54, 1.807) is 0 Å². The molecule has 0 aromatic rings. The van der Waals surface area contributed by atoms with Gasteiger partial charge in [0.15, 0.2) is 4.99 Å². The molecule has 1 fully saturated rings. The molecule has 0 spiro atoms. The smallest absolute Gasteiger partial charge is 0.331 e. The van der Waals surface area contributed by atoms with E-state index in [1.807, 2.05) is 5.48 Å². The average Bonchev–Trinajstić information content (AvgIpc) is 2.14. The molecule has 1 rings (SSSR count). The summed E-state index contributed by atoms with van der Waals surface area (Å²) in [5.41, 5.74) is 1.96. The Balaban J connectivity index is 2.94. The maximum Gasteiger partial charge on any atom is 0.331 e. The summed E-state index contributed by atoms with van der Waals surface area (Å²) >= 11 is 0. The highest BCUT2D eigenvalue weighted by atomic mass is 32.2. The highest BCUT2D eigenvalue weighted by Crippen LogP contribution is 1.92. The van der Waals surface area contributed by atoms with E-state index >= 15 is 0 Å². The van der Waals surface area contributed by atoms with Crippen LogP contribution in [0.5, 0.6) is 0 Å². The van der Waals surface area contributed by atoms with Gasteiger partial charge in [-0.2, -0.15) is 8.42 Å². The van der Waals surface area contributed by atoms with Crippen molar-refractivity contribution in [3.63, 3.8) is 0 Å². The van der Waals surface area contributed by atoms with Gasteiger partial charge in [-0.3, -0.25) is 0 Å². The number of hydrogen-bond donors (Lipinski definition) is 1. The number of carbonyl (C=O) groups is 1. The molecular weight excluding hydrogens is 146 g/mol. The topological polar surface area (TPSA) is 72.5 Å². The molecule has 1 heterocycles. The van der Waals surface area contributed by atoms with Gasteiger partial charge in [0, 0.05) is 0 Å². The van der Waals surface area contributed by atoms with E-state index in [0.717, 1.165) is 0 Å². The van der Waals surface area contributed by atoms with Gasteiger partial charge in [0.25, 0.3) is 0 Å². The molecule has 0 saturated carbocycles. The standard InChI is InChI=1S/C3H3NO4S/c5-3-1-2(4-8-3)9(6)7/h4H,1H2. The summed E-state index contributed by atoms with van der Waals surface area (Å²) in [7, 11) is -2.35. The minimum Gasteiger partial charge on any atom is -0.365 e. The van der Waals surface area contributed by atoms with Crippen molar-refractivity contribution >= 4 is 21.3 Å². The predicted octanol–water partition coefficient (Wildman–Crippen LogP) is -1.55. The van der Waals surface area contributed by atoms with E-state index < -0.39 is 16.3 Å². The zero-order valence-electron chi connectivity index (χ0n) is 4.25. The molecule has 0 atom stereocenters. The molecule has 5 nitrogen and oxygen atoms in total. The Morgan fingerprint density at radius 2 is 2.22 bits per heavy atom. The molecule has 0 amide bonds. The normalized spacial score (nSPS) is 17.8. The Labute approximate surface area is 52.1 Å². The summed E-state index contributed by atoms with van der Waals surface area (Å²) < 4.78 is 20.0. The van der Waals surface area contributed by atoms with Crippen LogP contribution in [0.1, 0.15) is 6.42 Å². The molecule has 0 aromatic heterocycles. The van der Waals surface area contributed by atoms with Crippen molar-refractivity contribution in [2.24, 2.45) is 0 Å². The molecule has 0 radical (unpaired) electrons. The first-order chi connectivity index (χ1) is 4.20. The summed E-state index contributed by atoms with van der Waals surface area (Å²) in [5, 5.41) is 0. The molecule has 1 aliphatic rings. The van der Waals surface area contributed by atoms with Crippen LogP contribution in [0.3, 0.4) is 0 Å². The van der Waals surface area contributed by atoms with Crippen molar-refractivity contribution in [1.29, 1.82) is 0 Å². The second kappa shape index (κ2) is 2.16. The molecule has 50 valence electrons. The maximum atomic E-state index is 10.2. The van der Waals surface area contributed by atoms with Gasteiger partial charge in [0.1, 0.15) is 6.42 Å². The van der Waals surface area contributed by atoms with Crippen molar-refractivity contribution in [2.45, 2.75) is 6.42 Å². The summed E-state index contributed by atoms with van der Waals surface area (Å²) in [6, 6.07) is 0. The quantitative estimate of drug-likeness (QED) is 0.422. The molecule has 1 aliphatic heterocycles. The van der Waals surface area contributed by atoms with Crippen LogP contribution in [0.4, 0.5) is 0 Å². The summed E-state index contributed by atoms with van der Waals surface area (Å²) in [4.78, 5) is 14.2. The van der Waals surface area contributed by atoms with Gasteiger partial charge in [-0.05, 0) is 0 Å². The molecule has 6 heteroatoms. The Hall–Kier alpha value is -0.880. The van der Waals surface area contributed by atoms with E-state index in [-0.39, 0.29) is 11.4 Å². The lowest BCUT2D eigenvalue weighted by molar-refractivity contribution is -0.142. The molecule has 1 N–H and O–H groups in total. The zero-order valence-corrected chi connectivity index (χ0v) is 5.06. The second-order valence-electron chi connectivity index (χ2n) is 1.41. The van der Waals surface area contributed by atoms with Crippen LogP contribution in [0.2, 0.25) is 0 Å². The number of hydroxylamine groups is 1. The van der Waals surface area contributed by atoms with Crippen molar-refractivity contribution < 1.29 is 18.0 Å². The Morgan fingerprint density at radius 3 is 2.44 bits per heavy atom. The molecule has 0 aromatic carbocycles. The van der Waals surface area contributed by atoms with Crippen LogP contribution in [0.15, 0.2) is 0 Å². The zero-order chi connectivity index (χ0) is 6.85. The monoisotopic (exact) mass is 149 g/mol. The largest absolute Gasteiger partial charge is 0.365 e. The van der Waals surface area contributed by atoms with Gasteiger partial charge >= 0.3 is 5.97 Å². The fourth-order valence-electron chi connectivity index (χ4n) is 0.410. The molecule has 0 aliphatic carbocycles. The highest BCUT2D eigenvalue weighted by molar-refractivity contribution is 7.72. The minimum absolute atomic E-state index is 0.111. The van der Waals surface area contributed by atoms with E-state index in [9.17, 15) is 13.2 Å². The van der Waals surface area contributed by atoms with E-state index in [1.165, 1.54) is 0 Å². The summed E-state index contributed by atoms with van der Waals surface area (Å²) in [5.74, 6) is -0.575. The predicted molar refractivity (Wildman–Crippen MR) is 27.8 cm³/mol. The van der Waals surface area contributed by atoms with Gasteiger partial charge in [0.2, 0.25) is 10.3 Å². The molecule has 1 saturated heterocycles. The summed E-state index contributed by atoms with van der Waals surface area (Å²) in [6.45, 7) is 0. The van der Waals surface area contributed by atoms with Crippen LogP contribution in [-0.2, 0) is 19.9 Å². The lowest BCUT2D eigenvalue weighted by Crippen LogP contribution is -2.13. The third kappa shape index (κ3) is 1.27. The first-order valence-corrected chi connectivity index (χ1v) is 3.18. The van der Waals surface area contributed by atoms with Gasteiger partial charge in [0.05, 0.1) is 0 Å². The number of hydrogen-bond acceptors (Lipinski definition) is 4. The van der Waals surface area contributed by atoms with Crippen LogP contribution in [0.25, 0.3) is 0 Å². The SMILES string of the molecule is O=C1CC(=S(=O)=O)NO1. The van der Waals surface area contributed by atoms with Crippen LogP contribution in [0, 0.1) is 0 Å². The van der Waals surface area contributed by atoms with Gasteiger partial charge < -0.3 is 4.84 Å².